The van der Waals surface area contributed by atoms with E-state index >= 15 is 0 Å². The van der Waals surface area contributed by atoms with Crippen molar-refractivity contribution in [3.63, 3.8) is 0 Å². The zero-order valence-electron chi connectivity index (χ0n) is 12.6. The number of carbonyl (C=O) groups excluding carboxylic acids is 2. The summed E-state index contributed by atoms with van der Waals surface area (Å²) in [5.74, 6) is -0.129. The van der Waals surface area contributed by atoms with Crippen molar-refractivity contribution in [3.05, 3.63) is 29.8 Å². The minimum Gasteiger partial charge on any atom is -0.349 e. The van der Waals surface area contributed by atoms with Crippen LogP contribution in [0.2, 0.25) is 0 Å². The third-order valence-corrected chi connectivity index (χ3v) is 2.79. The molecule has 0 bridgehead atoms. The number of aryl methyl sites for hydroxylation is 1. The van der Waals surface area contributed by atoms with Crippen LogP contribution in [0.1, 0.15) is 19.4 Å². The van der Waals surface area contributed by atoms with Crippen LogP contribution in [-0.4, -0.2) is 38.0 Å². The van der Waals surface area contributed by atoms with E-state index < -0.39 is 0 Å². The Labute approximate surface area is 120 Å². The monoisotopic (exact) mass is 278 g/mol. The number of benzene rings is 1. The summed E-state index contributed by atoms with van der Waals surface area (Å²) in [6, 6.07) is 7.75. The molecular formula is C15H24N3O2+. The van der Waals surface area contributed by atoms with Gasteiger partial charge in [-0.05, 0) is 32.4 Å². The third kappa shape index (κ3) is 5.84. The largest absolute Gasteiger partial charge is 0.349 e. The highest BCUT2D eigenvalue weighted by Crippen LogP contribution is 2.12. The molecule has 0 aliphatic heterocycles. The fourth-order valence-corrected chi connectivity index (χ4v) is 1.89. The molecule has 1 atom stereocenters. The van der Waals surface area contributed by atoms with Crippen molar-refractivity contribution in [1.82, 2.24) is 5.32 Å². The van der Waals surface area contributed by atoms with Crippen LogP contribution in [0.15, 0.2) is 24.3 Å². The highest BCUT2D eigenvalue weighted by atomic mass is 16.2. The molecule has 0 heterocycles. The third-order valence-electron chi connectivity index (χ3n) is 2.79. The molecule has 0 saturated heterocycles. The molecule has 3 N–H and O–H groups in total. The maximum atomic E-state index is 11.9. The van der Waals surface area contributed by atoms with Gasteiger partial charge in [-0.15, -0.1) is 0 Å². The summed E-state index contributed by atoms with van der Waals surface area (Å²) < 4.78 is 0. The minimum atomic E-state index is -0.0888. The van der Waals surface area contributed by atoms with Crippen molar-refractivity contribution in [2.24, 2.45) is 0 Å². The molecule has 110 valence electrons. The van der Waals surface area contributed by atoms with Crippen LogP contribution in [0.25, 0.3) is 0 Å². The molecule has 1 unspecified atom stereocenters. The van der Waals surface area contributed by atoms with Crippen LogP contribution >= 0.6 is 0 Å². The van der Waals surface area contributed by atoms with Gasteiger partial charge in [0.05, 0.1) is 7.05 Å². The van der Waals surface area contributed by atoms with Gasteiger partial charge < -0.3 is 15.5 Å². The first-order valence-corrected chi connectivity index (χ1v) is 6.84. The van der Waals surface area contributed by atoms with Crippen molar-refractivity contribution >= 4 is 17.5 Å². The second-order valence-corrected chi connectivity index (χ2v) is 5.40. The molecule has 5 heteroatoms. The van der Waals surface area contributed by atoms with Crippen molar-refractivity contribution in [2.45, 2.75) is 26.8 Å². The van der Waals surface area contributed by atoms with Crippen molar-refractivity contribution in [1.29, 1.82) is 0 Å². The van der Waals surface area contributed by atoms with Crippen LogP contribution in [0, 0.1) is 6.92 Å². The smallest absolute Gasteiger partial charge is 0.279 e. The summed E-state index contributed by atoms with van der Waals surface area (Å²) in [6.07, 6.45) is 0. The Bertz CT molecular complexity index is 472. The summed E-state index contributed by atoms with van der Waals surface area (Å²) in [4.78, 5) is 24.4. The van der Waals surface area contributed by atoms with Gasteiger partial charge >= 0.3 is 0 Å². The first-order chi connectivity index (χ1) is 9.38. The number of likely N-dealkylation sites (N-methyl/N-ethyl adjacent to an activating group) is 1. The number of amides is 2. The number of hydrogen-bond acceptors (Lipinski definition) is 2. The van der Waals surface area contributed by atoms with Crippen LogP contribution in [0.3, 0.4) is 0 Å². The molecular weight excluding hydrogens is 254 g/mol. The van der Waals surface area contributed by atoms with E-state index in [1.165, 1.54) is 0 Å². The molecule has 1 aromatic carbocycles. The van der Waals surface area contributed by atoms with Crippen molar-refractivity contribution in [3.8, 4) is 0 Å². The zero-order valence-corrected chi connectivity index (χ0v) is 12.6. The van der Waals surface area contributed by atoms with Gasteiger partial charge in [-0.2, -0.15) is 0 Å². The Kier molecular flexibility index (Phi) is 6.18. The molecule has 0 fully saturated rings. The minimum absolute atomic E-state index is 0.0406. The van der Waals surface area contributed by atoms with E-state index in [1.807, 2.05) is 52.1 Å². The molecule has 1 rings (SSSR count). The molecule has 0 aliphatic carbocycles. The highest BCUT2D eigenvalue weighted by molar-refractivity contribution is 5.92. The van der Waals surface area contributed by atoms with Gasteiger partial charge in [0.15, 0.2) is 13.1 Å². The topological polar surface area (TPSA) is 62.6 Å². The maximum Gasteiger partial charge on any atom is 0.279 e. The lowest BCUT2D eigenvalue weighted by Gasteiger charge is -2.15. The lowest BCUT2D eigenvalue weighted by molar-refractivity contribution is -0.862. The Hall–Kier alpha value is -1.88. The number of nitrogens with one attached hydrogen (secondary N) is 3. The van der Waals surface area contributed by atoms with Gasteiger partial charge in [0.25, 0.3) is 11.8 Å². The van der Waals surface area contributed by atoms with E-state index in [0.29, 0.717) is 6.54 Å². The molecule has 0 aromatic heterocycles. The highest BCUT2D eigenvalue weighted by Gasteiger charge is 2.15. The molecule has 0 spiro atoms. The van der Waals surface area contributed by atoms with E-state index in [2.05, 4.69) is 10.6 Å². The summed E-state index contributed by atoms with van der Waals surface area (Å²) in [5.41, 5.74) is 1.84. The number of anilines is 1. The first-order valence-electron chi connectivity index (χ1n) is 6.84. The molecule has 5 nitrogen and oxygen atoms in total. The average molecular weight is 278 g/mol. The number of quaternary nitrogens is 1. The van der Waals surface area contributed by atoms with E-state index in [1.54, 1.807) is 0 Å². The fourth-order valence-electron chi connectivity index (χ4n) is 1.89. The van der Waals surface area contributed by atoms with Gasteiger partial charge in [0.2, 0.25) is 0 Å². The Morgan fingerprint density at radius 3 is 2.35 bits per heavy atom. The van der Waals surface area contributed by atoms with Crippen molar-refractivity contribution < 1.29 is 14.5 Å². The lowest BCUT2D eigenvalue weighted by Crippen LogP contribution is -3.11. The molecule has 0 saturated carbocycles. The zero-order chi connectivity index (χ0) is 15.1. The Balaban J connectivity index is 2.42. The van der Waals surface area contributed by atoms with Crippen molar-refractivity contribution in [2.75, 3.05) is 25.5 Å². The first kappa shape index (κ1) is 16.2. The molecule has 0 aliphatic rings. The number of rotatable bonds is 6. The van der Waals surface area contributed by atoms with Gasteiger partial charge in [0, 0.05) is 11.7 Å². The maximum absolute atomic E-state index is 11.9. The van der Waals surface area contributed by atoms with Crippen LogP contribution in [-0.2, 0) is 9.59 Å². The van der Waals surface area contributed by atoms with E-state index in [4.69, 9.17) is 0 Å². The van der Waals surface area contributed by atoms with Gasteiger partial charge in [-0.25, -0.2) is 0 Å². The van der Waals surface area contributed by atoms with Crippen LogP contribution in [0.4, 0.5) is 5.69 Å². The predicted octanol–water partition coefficient (Wildman–Crippen LogP) is -0.0272. The number of carbonyl (C=O) groups is 2. The molecule has 2 amide bonds. The SMILES string of the molecule is Cc1ccccc1NC(=O)C[NH+](C)CC(=O)NC(C)C. The molecule has 1 aromatic rings. The normalized spacial score (nSPS) is 12.1. The van der Waals surface area contributed by atoms with Gasteiger partial charge in [-0.3, -0.25) is 9.59 Å². The Morgan fingerprint density at radius 2 is 1.75 bits per heavy atom. The molecule has 20 heavy (non-hydrogen) atoms. The van der Waals surface area contributed by atoms with E-state index in [0.717, 1.165) is 16.2 Å². The summed E-state index contributed by atoms with van der Waals surface area (Å²) in [7, 11) is 1.83. The lowest BCUT2D eigenvalue weighted by atomic mass is 10.2. The number of para-hydroxylation sites is 1. The summed E-state index contributed by atoms with van der Waals surface area (Å²) in [5, 5.41) is 5.68. The Morgan fingerprint density at radius 1 is 1.15 bits per heavy atom. The number of hydrogen-bond donors (Lipinski definition) is 3. The molecule has 0 radical (unpaired) electrons. The average Bonchev–Trinajstić information content (AvgIpc) is 2.30. The second-order valence-electron chi connectivity index (χ2n) is 5.40. The van der Waals surface area contributed by atoms with Crippen LogP contribution < -0.4 is 15.5 Å². The standard InChI is InChI=1S/C15H23N3O2/c1-11(2)16-14(19)9-18(4)10-15(20)17-13-8-6-5-7-12(13)3/h5-8,11H,9-10H2,1-4H3,(H,16,19)(H,17,20)/p+1. The van der Waals surface area contributed by atoms with E-state index in [9.17, 15) is 9.59 Å². The van der Waals surface area contributed by atoms with E-state index in [-0.39, 0.29) is 24.4 Å². The predicted molar refractivity (Wildman–Crippen MR) is 79.7 cm³/mol. The van der Waals surface area contributed by atoms with Crippen LogP contribution in [0.5, 0.6) is 0 Å². The summed E-state index contributed by atoms with van der Waals surface area (Å²) in [6.45, 7) is 6.33. The quantitative estimate of drug-likeness (QED) is 0.684. The summed E-state index contributed by atoms with van der Waals surface area (Å²) >= 11 is 0. The van der Waals surface area contributed by atoms with Gasteiger partial charge in [0.1, 0.15) is 0 Å². The second kappa shape index (κ2) is 7.65. The fraction of sp³-hybridized carbons (Fsp3) is 0.467. The van der Waals surface area contributed by atoms with Gasteiger partial charge in [-0.1, -0.05) is 18.2 Å².